The zero-order chi connectivity index (χ0) is 8.39. The third-order valence-electron chi connectivity index (χ3n) is 3.36. The highest BCUT2D eigenvalue weighted by atomic mass is 15.2. The van der Waals surface area contributed by atoms with Gasteiger partial charge in [0, 0.05) is 12.1 Å². The molecule has 2 aliphatic heterocycles. The molecule has 0 amide bonds. The van der Waals surface area contributed by atoms with Crippen LogP contribution >= 0.6 is 0 Å². The summed E-state index contributed by atoms with van der Waals surface area (Å²) < 4.78 is 0. The SMILES string of the molecule is CC[C@@H]1NCC[C@@H]1N1CCCC1. The molecular formula is C10H20N2. The minimum Gasteiger partial charge on any atom is -0.312 e. The Morgan fingerprint density at radius 1 is 1.33 bits per heavy atom. The molecule has 70 valence electrons. The van der Waals surface area contributed by atoms with Crippen molar-refractivity contribution >= 4 is 0 Å². The molecule has 2 atom stereocenters. The van der Waals surface area contributed by atoms with Crippen LogP contribution in [0.5, 0.6) is 0 Å². The van der Waals surface area contributed by atoms with Crippen LogP contribution in [0.1, 0.15) is 32.6 Å². The van der Waals surface area contributed by atoms with Gasteiger partial charge in [-0.2, -0.15) is 0 Å². The lowest BCUT2D eigenvalue weighted by molar-refractivity contribution is 0.220. The molecule has 2 rings (SSSR count). The molecule has 1 N–H and O–H groups in total. The van der Waals surface area contributed by atoms with Crippen molar-refractivity contribution in [1.29, 1.82) is 0 Å². The van der Waals surface area contributed by atoms with Gasteiger partial charge in [-0.25, -0.2) is 0 Å². The van der Waals surface area contributed by atoms with Gasteiger partial charge in [-0.15, -0.1) is 0 Å². The average Bonchev–Trinajstić information content (AvgIpc) is 2.74. The van der Waals surface area contributed by atoms with E-state index in [2.05, 4.69) is 17.1 Å². The molecule has 2 heterocycles. The van der Waals surface area contributed by atoms with Gasteiger partial charge in [0.15, 0.2) is 0 Å². The second-order valence-electron chi connectivity index (χ2n) is 4.07. The Morgan fingerprint density at radius 2 is 2.08 bits per heavy atom. The Balaban J connectivity index is 1.92. The van der Waals surface area contributed by atoms with Gasteiger partial charge in [0.05, 0.1) is 0 Å². The summed E-state index contributed by atoms with van der Waals surface area (Å²) in [6.45, 7) is 6.23. The largest absolute Gasteiger partial charge is 0.312 e. The van der Waals surface area contributed by atoms with E-state index < -0.39 is 0 Å². The Bertz CT molecular complexity index is 141. The zero-order valence-electron chi connectivity index (χ0n) is 8.05. The molecule has 0 aliphatic carbocycles. The second-order valence-corrected chi connectivity index (χ2v) is 4.07. The summed E-state index contributed by atoms with van der Waals surface area (Å²) in [6, 6.07) is 1.64. The summed E-state index contributed by atoms with van der Waals surface area (Å²) >= 11 is 0. The maximum absolute atomic E-state index is 3.59. The molecule has 2 aliphatic rings. The molecule has 0 aromatic heterocycles. The quantitative estimate of drug-likeness (QED) is 0.667. The zero-order valence-corrected chi connectivity index (χ0v) is 8.05. The molecular weight excluding hydrogens is 148 g/mol. The van der Waals surface area contributed by atoms with E-state index in [0.29, 0.717) is 0 Å². The first-order valence-electron chi connectivity index (χ1n) is 5.39. The summed E-state index contributed by atoms with van der Waals surface area (Å²) in [4.78, 5) is 2.69. The summed E-state index contributed by atoms with van der Waals surface area (Å²) in [5.74, 6) is 0. The van der Waals surface area contributed by atoms with Crippen molar-refractivity contribution in [1.82, 2.24) is 10.2 Å². The van der Waals surface area contributed by atoms with Crippen LogP contribution < -0.4 is 5.32 Å². The molecule has 0 saturated carbocycles. The highest BCUT2D eigenvalue weighted by Crippen LogP contribution is 2.21. The molecule has 2 saturated heterocycles. The predicted octanol–water partition coefficient (Wildman–Crippen LogP) is 1.22. The highest BCUT2D eigenvalue weighted by Gasteiger charge is 2.31. The summed E-state index contributed by atoms with van der Waals surface area (Å²) in [6.07, 6.45) is 5.51. The Kier molecular flexibility index (Phi) is 2.66. The topological polar surface area (TPSA) is 15.3 Å². The lowest BCUT2D eigenvalue weighted by Crippen LogP contribution is -2.41. The lowest BCUT2D eigenvalue weighted by Gasteiger charge is -2.27. The molecule has 0 aromatic rings. The van der Waals surface area contributed by atoms with Crippen molar-refractivity contribution < 1.29 is 0 Å². The van der Waals surface area contributed by atoms with Gasteiger partial charge in [0.1, 0.15) is 0 Å². The van der Waals surface area contributed by atoms with E-state index >= 15 is 0 Å². The van der Waals surface area contributed by atoms with E-state index in [1.165, 1.54) is 45.3 Å². The monoisotopic (exact) mass is 168 g/mol. The fourth-order valence-corrected chi connectivity index (χ4v) is 2.68. The van der Waals surface area contributed by atoms with E-state index in [1.807, 2.05) is 0 Å². The van der Waals surface area contributed by atoms with Gasteiger partial charge in [-0.1, -0.05) is 6.92 Å². The Hall–Kier alpha value is -0.0800. The first kappa shape index (κ1) is 8.52. The van der Waals surface area contributed by atoms with Crippen LogP contribution in [0, 0.1) is 0 Å². The van der Waals surface area contributed by atoms with Crippen LogP contribution in [-0.4, -0.2) is 36.6 Å². The first-order chi connectivity index (χ1) is 5.92. The Morgan fingerprint density at radius 3 is 2.75 bits per heavy atom. The molecule has 0 aromatic carbocycles. The number of nitrogens with one attached hydrogen (secondary N) is 1. The van der Waals surface area contributed by atoms with Crippen molar-refractivity contribution in [2.45, 2.75) is 44.7 Å². The maximum atomic E-state index is 3.59. The van der Waals surface area contributed by atoms with Crippen molar-refractivity contribution in [3.8, 4) is 0 Å². The summed E-state index contributed by atoms with van der Waals surface area (Å²) in [5.41, 5.74) is 0. The van der Waals surface area contributed by atoms with E-state index in [1.54, 1.807) is 0 Å². The molecule has 0 bridgehead atoms. The fourth-order valence-electron chi connectivity index (χ4n) is 2.68. The van der Waals surface area contributed by atoms with Crippen LogP contribution in [0.25, 0.3) is 0 Å². The smallest absolute Gasteiger partial charge is 0.0261 e. The van der Waals surface area contributed by atoms with E-state index in [0.717, 1.165) is 12.1 Å². The normalized spacial score (nSPS) is 37.8. The average molecular weight is 168 g/mol. The number of likely N-dealkylation sites (tertiary alicyclic amines) is 1. The van der Waals surface area contributed by atoms with E-state index in [-0.39, 0.29) is 0 Å². The van der Waals surface area contributed by atoms with Crippen molar-refractivity contribution in [2.75, 3.05) is 19.6 Å². The van der Waals surface area contributed by atoms with Crippen LogP contribution in [0.15, 0.2) is 0 Å². The first-order valence-corrected chi connectivity index (χ1v) is 5.39. The van der Waals surface area contributed by atoms with Gasteiger partial charge in [-0.05, 0) is 45.3 Å². The van der Waals surface area contributed by atoms with Crippen LogP contribution in [0.3, 0.4) is 0 Å². The number of rotatable bonds is 2. The molecule has 12 heavy (non-hydrogen) atoms. The van der Waals surface area contributed by atoms with Crippen molar-refractivity contribution in [2.24, 2.45) is 0 Å². The van der Waals surface area contributed by atoms with Gasteiger partial charge < -0.3 is 5.32 Å². The predicted molar refractivity (Wildman–Crippen MR) is 51.3 cm³/mol. The molecule has 0 unspecified atom stereocenters. The molecule has 0 radical (unpaired) electrons. The third kappa shape index (κ3) is 1.50. The van der Waals surface area contributed by atoms with E-state index in [9.17, 15) is 0 Å². The molecule has 2 nitrogen and oxygen atoms in total. The number of hydrogen-bond donors (Lipinski definition) is 1. The summed E-state index contributed by atoms with van der Waals surface area (Å²) in [5, 5.41) is 3.59. The standard InChI is InChI=1S/C10H20N2/c1-2-9-10(5-6-11-9)12-7-3-4-8-12/h9-11H,2-8H2,1H3/t9-,10-/m0/s1. The van der Waals surface area contributed by atoms with Gasteiger partial charge >= 0.3 is 0 Å². The Labute approximate surface area is 75.3 Å². The fraction of sp³-hybridized carbons (Fsp3) is 1.00. The number of hydrogen-bond acceptors (Lipinski definition) is 2. The van der Waals surface area contributed by atoms with E-state index in [4.69, 9.17) is 0 Å². The van der Waals surface area contributed by atoms with Gasteiger partial charge in [-0.3, -0.25) is 4.90 Å². The van der Waals surface area contributed by atoms with Crippen LogP contribution in [-0.2, 0) is 0 Å². The van der Waals surface area contributed by atoms with Crippen LogP contribution in [0.2, 0.25) is 0 Å². The highest BCUT2D eigenvalue weighted by molar-refractivity contribution is 4.91. The molecule has 2 fully saturated rings. The summed E-state index contributed by atoms with van der Waals surface area (Å²) in [7, 11) is 0. The van der Waals surface area contributed by atoms with Crippen molar-refractivity contribution in [3.05, 3.63) is 0 Å². The second kappa shape index (κ2) is 3.75. The van der Waals surface area contributed by atoms with Crippen molar-refractivity contribution in [3.63, 3.8) is 0 Å². The lowest BCUT2D eigenvalue weighted by atomic mass is 10.1. The maximum Gasteiger partial charge on any atom is 0.0261 e. The third-order valence-corrected chi connectivity index (χ3v) is 3.36. The minimum atomic E-state index is 0.781. The van der Waals surface area contributed by atoms with Gasteiger partial charge in [0.2, 0.25) is 0 Å². The molecule has 0 spiro atoms. The minimum absolute atomic E-state index is 0.781. The van der Waals surface area contributed by atoms with Gasteiger partial charge in [0.25, 0.3) is 0 Å². The molecule has 2 heteroatoms. The number of nitrogens with zero attached hydrogens (tertiary/aromatic N) is 1. The van der Waals surface area contributed by atoms with Crippen LogP contribution in [0.4, 0.5) is 0 Å².